The van der Waals surface area contributed by atoms with E-state index < -0.39 is 0 Å². The van der Waals surface area contributed by atoms with Gasteiger partial charge in [0, 0.05) is 0 Å². The summed E-state index contributed by atoms with van der Waals surface area (Å²) >= 11 is 2.05. The fourth-order valence-corrected chi connectivity index (χ4v) is 2.50. The fourth-order valence-electron chi connectivity index (χ4n) is 1.98. The number of aryl methyl sites for hydroxylation is 1. The molecule has 0 aliphatic carbocycles. The highest BCUT2D eigenvalue weighted by atomic mass is 127. The molecule has 0 aliphatic rings. The van der Waals surface area contributed by atoms with Gasteiger partial charge in [0.05, 0.1) is 21.4 Å². The molecule has 1 heterocycles. The summed E-state index contributed by atoms with van der Waals surface area (Å²) < 4.78 is 6.27. The molecule has 20 heavy (non-hydrogen) atoms. The number of halogens is 1. The molecule has 0 atom stereocenters. The lowest BCUT2D eigenvalue weighted by atomic mass is 10.1. The molecule has 0 saturated heterocycles. The van der Waals surface area contributed by atoms with Gasteiger partial charge in [-0.05, 0) is 48.1 Å². The number of hydrogen-bond donors (Lipinski definition) is 1. The van der Waals surface area contributed by atoms with E-state index in [-0.39, 0.29) is 5.56 Å². The van der Waals surface area contributed by atoms with E-state index in [0.717, 1.165) is 29.8 Å². The summed E-state index contributed by atoms with van der Waals surface area (Å²) in [5, 5.41) is 0. The third-order valence-electron chi connectivity index (χ3n) is 2.86. The molecule has 0 radical (unpaired) electrons. The summed E-state index contributed by atoms with van der Waals surface area (Å²) in [6.45, 7) is 4.59. The highest BCUT2D eigenvalue weighted by Crippen LogP contribution is 2.27. The SMILES string of the molecule is CCCc1nc(-c2ccccc2OCC)[nH]c(=O)c1I. The summed E-state index contributed by atoms with van der Waals surface area (Å²) in [7, 11) is 0. The van der Waals surface area contributed by atoms with Gasteiger partial charge >= 0.3 is 0 Å². The zero-order valence-electron chi connectivity index (χ0n) is 11.6. The van der Waals surface area contributed by atoms with Crippen LogP contribution in [0.2, 0.25) is 0 Å². The molecular weight excluding hydrogens is 367 g/mol. The number of benzene rings is 1. The predicted molar refractivity (Wildman–Crippen MR) is 88.2 cm³/mol. The minimum atomic E-state index is -0.0923. The van der Waals surface area contributed by atoms with Gasteiger partial charge in [0.2, 0.25) is 0 Å². The molecule has 4 nitrogen and oxygen atoms in total. The number of ether oxygens (including phenoxy) is 1. The van der Waals surface area contributed by atoms with Crippen LogP contribution in [0.1, 0.15) is 26.0 Å². The Morgan fingerprint density at radius 1 is 1.30 bits per heavy atom. The topological polar surface area (TPSA) is 55.0 Å². The number of H-pyrrole nitrogens is 1. The van der Waals surface area contributed by atoms with E-state index in [1.807, 2.05) is 31.2 Å². The smallest absolute Gasteiger partial charge is 0.264 e. The van der Waals surface area contributed by atoms with Crippen molar-refractivity contribution in [1.82, 2.24) is 9.97 Å². The summed E-state index contributed by atoms with van der Waals surface area (Å²) in [4.78, 5) is 19.5. The average Bonchev–Trinajstić information content (AvgIpc) is 2.45. The van der Waals surface area contributed by atoms with Crippen LogP contribution >= 0.6 is 22.6 Å². The Morgan fingerprint density at radius 3 is 2.75 bits per heavy atom. The summed E-state index contributed by atoms with van der Waals surface area (Å²) in [6, 6.07) is 7.61. The molecule has 0 bridgehead atoms. The van der Waals surface area contributed by atoms with Gasteiger partial charge in [-0.2, -0.15) is 0 Å². The van der Waals surface area contributed by atoms with Gasteiger partial charge in [0.15, 0.2) is 0 Å². The van der Waals surface area contributed by atoms with Gasteiger partial charge < -0.3 is 9.72 Å². The van der Waals surface area contributed by atoms with Gasteiger partial charge in [-0.3, -0.25) is 4.79 Å². The first-order chi connectivity index (χ1) is 9.67. The average molecular weight is 384 g/mol. The van der Waals surface area contributed by atoms with Crippen LogP contribution in [-0.4, -0.2) is 16.6 Å². The highest BCUT2D eigenvalue weighted by molar-refractivity contribution is 14.1. The Morgan fingerprint density at radius 2 is 2.05 bits per heavy atom. The van der Waals surface area contributed by atoms with Crippen molar-refractivity contribution >= 4 is 22.6 Å². The molecule has 1 N–H and O–H groups in total. The van der Waals surface area contributed by atoms with Crippen molar-refractivity contribution in [2.24, 2.45) is 0 Å². The highest BCUT2D eigenvalue weighted by Gasteiger charge is 2.12. The van der Waals surface area contributed by atoms with Crippen molar-refractivity contribution in [1.29, 1.82) is 0 Å². The minimum absolute atomic E-state index is 0.0923. The molecular formula is C15H17IN2O2. The van der Waals surface area contributed by atoms with E-state index in [9.17, 15) is 4.79 Å². The lowest BCUT2D eigenvalue weighted by Crippen LogP contribution is -2.16. The molecule has 0 unspecified atom stereocenters. The third kappa shape index (κ3) is 3.20. The number of para-hydroxylation sites is 1. The summed E-state index contributed by atoms with van der Waals surface area (Å²) in [5.41, 5.74) is 1.57. The van der Waals surface area contributed by atoms with Gasteiger partial charge in [-0.25, -0.2) is 4.98 Å². The Kier molecular flexibility index (Phi) is 5.17. The number of nitrogens with zero attached hydrogens (tertiary/aromatic N) is 1. The largest absolute Gasteiger partial charge is 0.493 e. The van der Waals surface area contributed by atoms with Gasteiger partial charge in [0.1, 0.15) is 11.6 Å². The van der Waals surface area contributed by atoms with Crippen LogP contribution < -0.4 is 10.3 Å². The fraction of sp³-hybridized carbons (Fsp3) is 0.333. The monoisotopic (exact) mass is 384 g/mol. The molecule has 1 aromatic carbocycles. The van der Waals surface area contributed by atoms with E-state index in [4.69, 9.17) is 4.74 Å². The second-order valence-electron chi connectivity index (χ2n) is 4.35. The molecule has 0 spiro atoms. The maximum absolute atomic E-state index is 12.0. The first kappa shape index (κ1) is 15.0. The van der Waals surface area contributed by atoms with Crippen molar-refractivity contribution in [2.75, 3.05) is 6.61 Å². The molecule has 0 aliphatic heterocycles. The molecule has 1 aromatic heterocycles. The lowest BCUT2D eigenvalue weighted by molar-refractivity contribution is 0.341. The van der Waals surface area contributed by atoms with Crippen molar-refractivity contribution in [3.63, 3.8) is 0 Å². The van der Waals surface area contributed by atoms with E-state index in [1.54, 1.807) is 0 Å². The van der Waals surface area contributed by atoms with E-state index in [0.29, 0.717) is 16.0 Å². The number of rotatable bonds is 5. The number of aromatic nitrogens is 2. The molecule has 2 rings (SSSR count). The summed E-state index contributed by atoms with van der Waals surface area (Å²) in [5.74, 6) is 1.31. The van der Waals surface area contributed by atoms with Crippen molar-refractivity contribution in [3.05, 3.63) is 43.9 Å². The standard InChI is InChI=1S/C15H17IN2O2/c1-3-7-11-13(16)15(19)18-14(17-11)10-8-5-6-9-12(10)20-4-2/h5-6,8-9H,3-4,7H2,1-2H3,(H,17,18,19). The number of hydrogen-bond acceptors (Lipinski definition) is 3. The first-order valence-corrected chi connectivity index (χ1v) is 7.76. The quantitative estimate of drug-likeness (QED) is 0.805. The second kappa shape index (κ2) is 6.88. The Balaban J connectivity index is 2.55. The van der Waals surface area contributed by atoms with Crippen molar-refractivity contribution < 1.29 is 4.74 Å². The Bertz CT molecular complexity index is 653. The maximum atomic E-state index is 12.0. The van der Waals surface area contributed by atoms with Crippen LogP contribution in [0.5, 0.6) is 5.75 Å². The Hall–Kier alpha value is -1.37. The van der Waals surface area contributed by atoms with Crippen LogP contribution in [0.3, 0.4) is 0 Å². The zero-order valence-corrected chi connectivity index (χ0v) is 13.7. The van der Waals surface area contributed by atoms with Gasteiger partial charge in [-0.1, -0.05) is 25.5 Å². The normalized spacial score (nSPS) is 10.6. The zero-order chi connectivity index (χ0) is 14.5. The van der Waals surface area contributed by atoms with Gasteiger partial charge in [-0.15, -0.1) is 0 Å². The van der Waals surface area contributed by atoms with Crippen molar-refractivity contribution in [2.45, 2.75) is 26.7 Å². The number of nitrogens with one attached hydrogen (secondary N) is 1. The molecule has 5 heteroatoms. The third-order valence-corrected chi connectivity index (χ3v) is 3.97. The Labute approximate surface area is 131 Å². The molecule has 2 aromatic rings. The van der Waals surface area contributed by atoms with Gasteiger partial charge in [0.25, 0.3) is 5.56 Å². The molecule has 0 fully saturated rings. The molecule has 106 valence electrons. The second-order valence-corrected chi connectivity index (χ2v) is 5.43. The lowest BCUT2D eigenvalue weighted by Gasteiger charge is -2.10. The maximum Gasteiger partial charge on any atom is 0.264 e. The minimum Gasteiger partial charge on any atom is -0.493 e. The number of aromatic amines is 1. The van der Waals surface area contributed by atoms with Crippen LogP contribution in [-0.2, 0) is 6.42 Å². The molecule has 0 saturated carbocycles. The first-order valence-electron chi connectivity index (χ1n) is 6.68. The molecule has 0 amide bonds. The van der Waals surface area contributed by atoms with E-state index in [2.05, 4.69) is 39.5 Å². The van der Waals surface area contributed by atoms with E-state index in [1.165, 1.54) is 0 Å². The predicted octanol–water partition coefficient (Wildman–Crippen LogP) is 3.39. The van der Waals surface area contributed by atoms with Crippen molar-refractivity contribution in [3.8, 4) is 17.1 Å². The summed E-state index contributed by atoms with van der Waals surface area (Å²) in [6.07, 6.45) is 1.75. The van der Waals surface area contributed by atoms with Crippen LogP contribution in [0.4, 0.5) is 0 Å². The van der Waals surface area contributed by atoms with Crippen LogP contribution in [0.25, 0.3) is 11.4 Å². The van der Waals surface area contributed by atoms with Crippen LogP contribution in [0.15, 0.2) is 29.1 Å². The van der Waals surface area contributed by atoms with E-state index >= 15 is 0 Å². The van der Waals surface area contributed by atoms with Crippen LogP contribution in [0, 0.1) is 3.57 Å².